The van der Waals surface area contributed by atoms with Crippen molar-refractivity contribution in [1.82, 2.24) is 19.8 Å². The molecule has 1 unspecified atom stereocenters. The average molecular weight is 286 g/mol. The summed E-state index contributed by atoms with van der Waals surface area (Å²) in [6, 6.07) is 7.08. The Morgan fingerprint density at radius 1 is 1.24 bits per heavy atom. The second-order valence-electron chi connectivity index (χ2n) is 5.91. The Bertz CT molecular complexity index is 568. The van der Waals surface area contributed by atoms with Crippen molar-refractivity contribution in [2.24, 2.45) is 7.05 Å². The first-order chi connectivity index (χ1) is 9.99. The van der Waals surface area contributed by atoms with Gasteiger partial charge in [0.25, 0.3) is 0 Å². The number of aromatic nitrogens is 2. The second-order valence-corrected chi connectivity index (χ2v) is 5.91. The molecule has 2 aromatic rings. The predicted molar refractivity (Wildman–Crippen MR) is 87.3 cm³/mol. The number of rotatable bonds is 6. The summed E-state index contributed by atoms with van der Waals surface area (Å²) in [4.78, 5) is 6.70. The summed E-state index contributed by atoms with van der Waals surface area (Å²) >= 11 is 0. The molecule has 0 aliphatic heterocycles. The van der Waals surface area contributed by atoms with E-state index in [1.807, 2.05) is 26.5 Å². The molecule has 1 N–H and O–H groups in total. The molecule has 4 nitrogen and oxygen atoms in total. The van der Waals surface area contributed by atoms with Crippen LogP contribution in [0.2, 0.25) is 0 Å². The van der Waals surface area contributed by atoms with Crippen LogP contribution in [0.1, 0.15) is 28.6 Å². The van der Waals surface area contributed by atoms with Crippen molar-refractivity contribution in [3.63, 3.8) is 0 Å². The first-order valence-corrected chi connectivity index (χ1v) is 7.40. The van der Waals surface area contributed by atoms with Crippen molar-refractivity contribution < 1.29 is 0 Å². The fourth-order valence-corrected chi connectivity index (χ4v) is 2.74. The minimum Gasteiger partial charge on any atom is -0.337 e. The van der Waals surface area contributed by atoms with E-state index in [9.17, 15) is 0 Å². The van der Waals surface area contributed by atoms with Crippen LogP contribution in [0, 0.1) is 13.8 Å². The molecule has 1 atom stereocenters. The predicted octanol–water partition coefficient (Wildman–Crippen LogP) is 2.43. The molecule has 0 radical (unpaired) electrons. The molecule has 0 amide bonds. The van der Waals surface area contributed by atoms with Gasteiger partial charge in [0.15, 0.2) is 0 Å². The third kappa shape index (κ3) is 4.16. The Labute approximate surface area is 127 Å². The van der Waals surface area contributed by atoms with Gasteiger partial charge in [0.1, 0.15) is 5.82 Å². The number of aryl methyl sites for hydroxylation is 3. The lowest BCUT2D eigenvalue weighted by molar-refractivity contribution is 0.280. The van der Waals surface area contributed by atoms with E-state index >= 15 is 0 Å². The summed E-state index contributed by atoms with van der Waals surface area (Å²) in [5, 5.41) is 3.43. The molecule has 114 valence electrons. The maximum Gasteiger partial charge on any atom is 0.122 e. The van der Waals surface area contributed by atoms with Crippen LogP contribution < -0.4 is 5.32 Å². The molecule has 4 heteroatoms. The first-order valence-electron chi connectivity index (χ1n) is 7.40. The number of imidazole rings is 1. The zero-order valence-corrected chi connectivity index (χ0v) is 13.7. The summed E-state index contributed by atoms with van der Waals surface area (Å²) in [5.41, 5.74) is 3.98. The molecular weight excluding hydrogens is 260 g/mol. The number of benzene rings is 1. The van der Waals surface area contributed by atoms with Gasteiger partial charge in [0, 0.05) is 32.0 Å². The Kier molecular flexibility index (Phi) is 5.15. The Morgan fingerprint density at radius 3 is 2.43 bits per heavy atom. The number of nitrogens with one attached hydrogen (secondary N) is 1. The van der Waals surface area contributed by atoms with Crippen LogP contribution in [0.25, 0.3) is 0 Å². The normalized spacial score (nSPS) is 12.9. The topological polar surface area (TPSA) is 33.1 Å². The SMILES string of the molecule is CNC(CN(C)Cc1nccn1C)c1cc(C)cc(C)c1. The van der Waals surface area contributed by atoms with Gasteiger partial charge in [0.2, 0.25) is 0 Å². The summed E-state index contributed by atoms with van der Waals surface area (Å²) < 4.78 is 2.07. The van der Waals surface area contributed by atoms with Gasteiger partial charge in [-0.1, -0.05) is 29.3 Å². The van der Waals surface area contributed by atoms with Crippen molar-refractivity contribution in [2.75, 3.05) is 20.6 Å². The highest BCUT2D eigenvalue weighted by atomic mass is 15.2. The smallest absolute Gasteiger partial charge is 0.122 e. The zero-order valence-electron chi connectivity index (χ0n) is 13.7. The van der Waals surface area contributed by atoms with Crippen LogP contribution in [0.15, 0.2) is 30.6 Å². The van der Waals surface area contributed by atoms with Gasteiger partial charge in [0.05, 0.1) is 6.54 Å². The maximum absolute atomic E-state index is 4.39. The first kappa shape index (κ1) is 15.7. The number of hydrogen-bond acceptors (Lipinski definition) is 3. The van der Waals surface area contributed by atoms with Crippen molar-refractivity contribution >= 4 is 0 Å². The van der Waals surface area contributed by atoms with Gasteiger partial charge in [-0.2, -0.15) is 0 Å². The van der Waals surface area contributed by atoms with Gasteiger partial charge < -0.3 is 9.88 Å². The summed E-state index contributed by atoms with van der Waals surface area (Å²) in [5.74, 6) is 1.09. The van der Waals surface area contributed by atoms with Crippen molar-refractivity contribution in [3.8, 4) is 0 Å². The van der Waals surface area contributed by atoms with Crippen LogP contribution in [0.3, 0.4) is 0 Å². The van der Waals surface area contributed by atoms with Crippen LogP contribution >= 0.6 is 0 Å². The monoisotopic (exact) mass is 286 g/mol. The number of nitrogens with zero attached hydrogens (tertiary/aromatic N) is 3. The van der Waals surface area contributed by atoms with Crippen LogP contribution in [0.4, 0.5) is 0 Å². The molecule has 21 heavy (non-hydrogen) atoms. The lowest BCUT2D eigenvalue weighted by Gasteiger charge is -2.24. The number of likely N-dealkylation sites (N-methyl/N-ethyl adjacent to an activating group) is 2. The molecule has 2 rings (SSSR count). The molecule has 0 aliphatic carbocycles. The van der Waals surface area contributed by atoms with Crippen LogP contribution in [0.5, 0.6) is 0 Å². The lowest BCUT2D eigenvalue weighted by Crippen LogP contribution is -2.31. The summed E-state index contributed by atoms with van der Waals surface area (Å²) in [7, 11) is 6.20. The Hall–Kier alpha value is -1.65. The van der Waals surface area contributed by atoms with E-state index in [0.717, 1.165) is 18.9 Å². The highest BCUT2D eigenvalue weighted by molar-refractivity contribution is 5.30. The molecule has 0 spiro atoms. The number of hydrogen-bond donors (Lipinski definition) is 1. The third-order valence-electron chi connectivity index (χ3n) is 3.82. The molecule has 1 heterocycles. The Morgan fingerprint density at radius 2 is 1.90 bits per heavy atom. The van der Waals surface area contributed by atoms with E-state index in [-0.39, 0.29) is 0 Å². The molecule has 0 bridgehead atoms. The average Bonchev–Trinajstić information content (AvgIpc) is 2.80. The van der Waals surface area contributed by atoms with E-state index in [1.54, 1.807) is 0 Å². The van der Waals surface area contributed by atoms with E-state index in [2.05, 4.69) is 58.9 Å². The van der Waals surface area contributed by atoms with E-state index in [4.69, 9.17) is 0 Å². The Balaban J connectivity index is 2.06. The maximum atomic E-state index is 4.39. The van der Waals surface area contributed by atoms with Crippen molar-refractivity contribution in [1.29, 1.82) is 0 Å². The minimum atomic E-state index is 0.328. The highest BCUT2D eigenvalue weighted by Crippen LogP contribution is 2.18. The molecule has 0 aliphatic rings. The molecule has 0 saturated carbocycles. The van der Waals surface area contributed by atoms with Gasteiger partial charge >= 0.3 is 0 Å². The van der Waals surface area contributed by atoms with Gasteiger partial charge in [-0.3, -0.25) is 4.90 Å². The lowest BCUT2D eigenvalue weighted by atomic mass is 10.0. The van der Waals surface area contributed by atoms with E-state index < -0.39 is 0 Å². The fraction of sp³-hybridized carbons (Fsp3) is 0.471. The highest BCUT2D eigenvalue weighted by Gasteiger charge is 2.14. The largest absolute Gasteiger partial charge is 0.337 e. The van der Waals surface area contributed by atoms with Crippen LogP contribution in [-0.2, 0) is 13.6 Å². The van der Waals surface area contributed by atoms with Gasteiger partial charge in [-0.15, -0.1) is 0 Å². The third-order valence-corrected chi connectivity index (χ3v) is 3.82. The molecule has 1 aromatic carbocycles. The molecular formula is C17H26N4. The van der Waals surface area contributed by atoms with E-state index in [1.165, 1.54) is 16.7 Å². The van der Waals surface area contributed by atoms with Crippen molar-refractivity contribution in [2.45, 2.75) is 26.4 Å². The minimum absolute atomic E-state index is 0.328. The second kappa shape index (κ2) is 6.87. The quantitative estimate of drug-likeness (QED) is 0.885. The van der Waals surface area contributed by atoms with Crippen molar-refractivity contribution in [3.05, 3.63) is 53.1 Å². The van der Waals surface area contributed by atoms with Gasteiger partial charge in [-0.25, -0.2) is 4.98 Å². The molecule has 1 aromatic heterocycles. The van der Waals surface area contributed by atoms with Gasteiger partial charge in [-0.05, 0) is 33.5 Å². The van der Waals surface area contributed by atoms with Crippen LogP contribution in [-0.4, -0.2) is 35.1 Å². The molecule has 0 saturated heterocycles. The fourth-order valence-electron chi connectivity index (χ4n) is 2.74. The summed E-state index contributed by atoms with van der Waals surface area (Å²) in [6.45, 7) is 6.11. The molecule has 0 fully saturated rings. The van der Waals surface area contributed by atoms with E-state index in [0.29, 0.717) is 6.04 Å². The zero-order chi connectivity index (χ0) is 15.4. The standard InChI is InChI=1S/C17H26N4/c1-13-8-14(2)10-15(9-13)16(18-3)11-20(4)12-17-19-6-7-21(17)5/h6-10,16,18H,11-12H2,1-5H3. The summed E-state index contributed by atoms with van der Waals surface area (Å²) in [6.07, 6.45) is 3.84.